The Labute approximate surface area is 266 Å². The van der Waals surface area contributed by atoms with Gasteiger partial charge in [0.05, 0.1) is 18.8 Å². The van der Waals surface area contributed by atoms with E-state index in [0.717, 1.165) is 35.3 Å². The Balaban J connectivity index is 1.19. The Kier molecular flexibility index (Phi) is 11.8. The predicted molar refractivity (Wildman–Crippen MR) is 180 cm³/mol. The lowest BCUT2D eigenvalue weighted by molar-refractivity contribution is 0.109. The summed E-state index contributed by atoms with van der Waals surface area (Å²) in [4.78, 5) is 2.26. The van der Waals surface area contributed by atoms with E-state index in [4.69, 9.17) is 4.74 Å². The molecule has 5 aromatic rings. The zero-order chi connectivity index (χ0) is 31.3. The molecule has 0 heterocycles. The Bertz CT molecular complexity index is 1560. The zero-order valence-electron chi connectivity index (χ0n) is 25.5. The molecule has 0 aliphatic heterocycles. The van der Waals surface area contributed by atoms with Crippen LogP contribution in [-0.2, 0) is 26.2 Å². The molecule has 6 heteroatoms. The standard InChI is InChI=1S/C39H42N2O4/c42-28-35-24-34(18-21-39(35)45-29-32-12-6-2-7-13-32)38(44)27-41(26-31-10-4-1-5-11-31)23-22-30-16-19-36(20-17-30)40-25-37(43)33-14-8-3-9-15-33/h1-21,24,37-38,40,42-44H,22-23,25-29H2. The fraction of sp³-hybridized carbons (Fsp3) is 0.231. The third-order valence-corrected chi connectivity index (χ3v) is 7.91. The lowest BCUT2D eigenvalue weighted by Gasteiger charge is -2.26. The first-order valence-corrected chi connectivity index (χ1v) is 15.5. The summed E-state index contributed by atoms with van der Waals surface area (Å²) in [7, 11) is 0. The summed E-state index contributed by atoms with van der Waals surface area (Å²) in [5.74, 6) is 0.617. The van der Waals surface area contributed by atoms with Crippen LogP contribution in [0.25, 0.3) is 0 Å². The second-order valence-electron chi connectivity index (χ2n) is 11.3. The summed E-state index contributed by atoms with van der Waals surface area (Å²) in [6, 6.07) is 43.7. The van der Waals surface area contributed by atoms with Crippen molar-refractivity contribution in [2.24, 2.45) is 0 Å². The highest BCUT2D eigenvalue weighted by Gasteiger charge is 2.17. The van der Waals surface area contributed by atoms with Gasteiger partial charge in [0.2, 0.25) is 0 Å². The molecule has 0 aliphatic rings. The SMILES string of the molecule is OCc1cc(C(O)CN(CCc2ccc(NCC(O)c3ccccc3)cc2)Cc2ccccc2)ccc1OCc1ccccc1. The van der Waals surface area contributed by atoms with Crippen LogP contribution in [-0.4, -0.2) is 39.9 Å². The largest absolute Gasteiger partial charge is 0.489 e. The van der Waals surface area contributed by atoms with Gasteiger partial charge in [-0.15, -0.1) is 0 Å². The van der Waals surface area contributed by atoms with Crippen LogP contribution in [0, 0.1) is 0 Å². The summed E-state index contributed by atoms with van der Waals surface area (Å²) in [5, 5.41) is 35.1. The van der Waals surface area contributed by atoms with E-state index < -0.39 is 12.2 Å². The van der Waals surface area contributed by atoms with E-state index in [1.807, 2.05) is 109 Å². The maximum atomic E-state index is 11.3. The van der Waals surface area contributed by atoms with Crippen LogP contribution < -0.4 is 10.1 Å². The molecule has 45 heavy (non-hydrogen) atoms. The molecule has 0 saturated heterocycles. The minimum absolute atomic E-state index is 0.172. The van der Waals surface area contributed by atoms with E-state index in [-0.39, 0.29) is 6.61 Å². The van der Waals surface area contributed by atoms with Gasteiger partial charge in [-0.2, -0.15) is 0 Å². The number of nitrogens with one attached hydrogen (secondary N) is 1. The number of anilines is 1. The van der Waals surface area contributed by atoms with E-state index in [1.54, 1.807) is 0 Å². The number of benzene rings is 5. The van der Waals surface area contributed by atoms with Crippen molar-refractivity contribution in [2.75, 3.05) is 25.0 Å². The number of rotatable bonds is 16. The van der Waals surface area contributed by atoms with E-state index >= 15 is 0 Å². The molecule has 0 spiro atoms. The zero-order valence-corrected chi connectivity index (χ0v) is 25.5. The van der Waals surface area contributed by atoms with E-state index in [9.17, 15) is 15.3 Å². The average molecular weight is 603 g/mol. The van der Waals surface area contributed by atoms with Crippen LogP contribution >= 0.6 is 0 Å². The van der Waals surface area contributed by atoms with Gasteiger partial charge in [-0.1, -0.05) is 109 Å². The van der Waals surface area contributed by atoms with Crippen LogP contribution in [0.15, 0.2) is 133 Å². The minimum Gasteiger partial charge on any atom is -0.489 e. The van der Waals surface area contributed by atoms with Crippen molar-refractivity contribution in [3.63, 3.8) is 0 Å². The maximum Gasteiger partial charge on any atom is 0.125 e. The van der Waals surface area contributed by atoms with Crippen LogP contribution in [0.1, 0.15) is 45.6 Å². The smallest absolute Gasteiger partial charge is 0.125 e. The van der Waals surface area contributed by atoms with E-state index in [2.05, 4.69) is 34.5 Å². The van der Waals surface area contributed by atoms with Gasteiger partial charge in [-0.3, -0.25) is 4.90 Å². The number of ether oxygens (including phenoxy) is 1. The molecule has 232 valence electrons. The summed E-state index contributed by atoms with van der Waals surface area (Å²) in [5.41, 5.74) is 6.68. The van der Waals surface area contributed by atoms with Crippen molar-refractivity contribution >= 4 is 5.69 Å². The van der Waals surface area contributed by atoms with Gasteiger partial charge in [-0.05, 0) is 58.5 Å². The average Bonchev–Trinajstić information content (AvgIpc) is 3.10. The van der Waals surface area contributed by atoms with Crippen LogP contribution in [0.2, 0.25) is 0 Å². The fourth-order valence-electron chi connectivity index (χ4n) is 5.32. The van der Waals surface area contributed by atoms with Crippen molar-refractivity contribution in [1.82, 2.24) is 4.90 Å². The quantitative estimate of drug-likeness (QED) is 0.101. The molecule has 0 aliphatic carbocycles. The Morgan fingerprint density at radius 3 is 1.96 bits per heavy atom. The normalized spacial score (nSPS) is 12.5. The minimum atomic E-state index is -0.732. The topological polar surface area (TPSA) is 85.2 Å². The number of aliphatic hydroxyl groups is 3. The lowest BCUT2D eigenvalue weighted by Crippen LogP contribution is -2.30. The molecule has 5 aromatic carbocycles. The molecule has 0 amide bonds. The molecule has 0 bridgehead atoms. The van der Waals surface area contributed by atoms with Gasteiger partial charge in [0.15, 0.2) is 0 Å². The van der Waals surface area contributed by atoms with Crippen molar-refractivity contribution < 1.29 is 20.1 Å². The molecule has 0 aromatic heterocycles. The third kappa shape index (κ3) is 9.76. The third-order valence-electron chi connectivity index (χ3n) is 7.91. The van der Waals surface area contributed by atoms with Gasteiger partial charge in [0.1, 0.15) is 12.4 Å². The summed E-state index contributed by atoms with van der Waals surface area (Å²) in [6.45, 7) is 2.59. The van der Waals surface area contributed by atoms with Crippen molar-refractivity contribution in [2.45, 2.75) is 38.4 Å². The van der Waals surface area contributed by atoms with E-state index in [0.29, 0.717) is 37.6 Å². The molecule has 6 nitrogen and oxygen atoms in total. The summed E-state index contributed by atoms with van der Waals surface area (Å²) >= 11 is 0. The van der Waals surface area contributed by atoms with Crippen molar-refractivity contribution in [1.29, 1.82) is 0 Å². The van der Waals surface area contributed by atoms with Crippen molar-refractivity contribution in [3.8, 4) is 5.75 Å². The maximum absolute atomic E-state index is 11.3. The van der Waals surface area contributed by atoms with Gasteiger partial charge < -0.3 is 25.4 Å². The monoisotopic (exact) mass is 602 g/mol. The molecule has 0 saturated carbocycles. The van der Waals surface area contributed by atoms with Gasteiger partial charge in [0, 0.05) is 37.4 Å². The molecule has 0 radical (unpaired) electrons. The number of hydrogen-bond donors (Lipinski definition) is 4. The highest BCUT2D eigenvalue weighted by Crippen LogP contribution is 2.26. The molecule has 2 atom stereocenters. The number of aliphatic hydroxyl groups excluding tert-OH is 3. The highest BCUT2D eigenvalue weighted by molar-refractivity contribution is 5.45. The fourth-order valence-corrected chi connectivity index (χ4v) is 5.32. The molecule has 2 unspecified atom stereocenters. The lowest BCUT2D eigenvalue weighted by atomic mass is 10.0. The van der Waals surface area contributed by atoms with Crippen molar-refractivity contribution in [3.05, 3.63) is 167 Å². The first kappa shape index (κ1) is 31.9. The molecular weight excluding hydrogens is 560 g/mol. The molecule has 5 rings (SSSR count). The second-order valence-corrected chi connectivity index (χ2v) is 11.3. The van der Waals surface area contributed by atoms with Crippen LogP contribution in [0.3, 0.4) is 0 Å². The second kappa shape index (κ2) is 16.6. The molecule has 0 fully saturated rings. The Hall–Kier alpha value is -4.46. The van der Waals surface area contributed by atoms with Crippen LogP contribution in [0.4, 0.5) is 5.69 Å². The molecular formula is C39H42N2O4. The first-order chi connectivity index (χ1) is 22.1. The Morgan fingerprint density at radius 2 is 1.29 bits per heavy atom. The predicted octanol–water partition coefficient (Wildman–Crippen LogP) is 6.68. The van der Waals surface area contributed by atoms with Crippen LogP contribution in [0.5, 0.6) is 5.75 Å². The van der Waals surface area contributed by atoms with Gasteiger partial charge in [-0.25, -0.2) is 0 Å². The Morgan fingerprint density at radius 1 is 0.644 bits per heavy atom. The number of hydrogen-bond acceptors (Lipinski definition) is 6. The summed E-state index contributed by atoms with van der Waals surface area (Å²) < 4.78 is 5.98. The molecule has 4 N–H and O–H groups in total. The van der Waals surface area contributed by atoms with Gasteiger partial charge in [0.25, 0.3) is 0 Å². The summed E-state index contributed by atoms with van der Waals surface area (Å²) in [6.07, 6.45) is -0.485. The van der Waals surface area contributed by atoms with Gasteiger partial charge >= 0.3 is 0 Å². The van der Waals surface area contributed by atoms with E-state index in [1.165, 1.54) is 11.1 Å². The highest BCUT2D eigenvalue weighted by atomic mass is 16.5. The first-order valence-electron chi connectivity index (χ1n) is 15.5. The number of nitrogens with zero attached hydrogens (tertiary/aromatic N) is 1.